The Labute approximate surface area is 148 Å². The summed E-state index contributed by atoms with van der Waals surface area (Å²) in [6, 6.07) is 15.8. The lowest BCUT2D eigenvalue weighted by Gasteiger charge is -2.12. The molecule has 0 unspecified atom stereocenters. The van der Waals surface area contributed by atoms with Gasteiger partial charge >= 0.3 is 5.97 Å². The van der Waals surface area contributed by atoms with Crippen LogP contribution < -0.4 is 5.32 Å². The van der Waals surface area contributed by atoms with Crippen molar-refractivity contribution >= 4 is 44.2 Å². The van der Waals surface area contributed by atoms with E-state index in [9.17, 15) is 4.79 Å². The Morgan fingerprint density at radius 2 is 2.12 bits per heavy atom. The van der Waals surface area contributed by atoms with E-state index in [1.54, 1.807) is 6.92 Å². The van der Waals surface area contributed by atoms with Crippen LogP contribution in [-0.4, -0.2) is 17.6 Å². The van der Waals surface area contributed by atoms with E-state index in [-0.39, 0.29) is 5.97 Å². The number of halogens is 1. The number of fused-ring (bicyclic) bond motifs is 1. The van der Waals surface area contributed by atoms with Gasteiger partial charge in [0.25, 0.3) is 0 Å². The molecule has 0 fully saturated rings. The molecule has 1 aromatic heterocycles. The molecule has 0 spiro atoms. The summed E-state index contributed by atoms with van der Waals surface area (Å²) in [7, 11) is 0. The van der Waals surface area contributed by atoms with Gasteiger partial charge in [-0.1, -0.05) is 28.1 Å². The first-order valence-electron chi connectivity index (χ1n) is 7.64. The van der Waals surface area contributed by atoms with Crippen LogP contribution in [0.3, 0.4) is 0 Å². The van der Waals surface area contributed by atoms with Gasteiger partial charge in [0.2, 0.25) is 0 Å². The zero-order valence-electron chi connectivity index (χ0n) is 13.2. The number of H-pyrrole nitrogens is 1. The molecular formula is C19H17BrN2O2. The van der Waals surface area contributed by atoms with Crippen molar-refractivity contribution in [3.8, 4) is 0 Å². The number of rotatable bonds is 5. The number of nitrogens with one attached hydrogen (secondary N) is 2. The van der Waals surface area contributed by atoms with Gasteiger partial charge < -0.3 is 15.0 Å². The van der Waals surface area contributed by atoms with E-state index in [4.69, 9.17) is 4.74 Å². The Hall–Kier alpha value is -2.53. The van der Waals surface area contributed by atoms with Crippen molar-refractivity contribution in [1.29, 1.82) is 0 Å². The molecule has 0 aliphatic rings. The van der Waals surface area contributed by atoms with Gasteiger partial charge in [-0.15, -0.1) is 0 Å². The summed E-state index contributed by atoms with van der Waals surface area (Å²) in [5.74, 6) is -0.373. The third kappa shape index (κ3) is 3.86. The number of aromatic nitrogens is 1. The molecule has 2 aromatic carbocycles. The van der Waals surface area contributed by atoms with Crippen LogP contribution in [-0.2, 0) is 9.53 Å². The zero-order chi connectivity index (χ0) is 16.9. The van der Waals surface area contributed by atoms with Crippen molar-refractivity contribution in [3.63, 3.8) is 0 Å². The molecule has 3 aromatic rings. The minimum absolute atomic E-state index is 0.344. The van der Waals surface area contributed by atoms with Crippen molar-refractivity contribution in [2.75, 3.05) is 11.9 Å². The summed E-state index contributed by atoms with van der Waals surface area (Å²) in [5.41, 5.74) is 3.55. The van der Waals surface area contributed by atoms with Crippen LogP contribution in [0.4, 0.5) is 5.69 Å². The molecule has 2 N–H and O–H groups in total. The number of benzene rings is 2. The Morgan fingerprint density at radius 1 is 1.25 bits per heavy atom. The van der Waals surface area contributed by atoms with Gasteiger partial charge in [-0.2, -0.15) is 0 Å². The highest BCUT2D eigenvalue weighted by Crippen LogP contribution is 2.24. The second kappa shape index (κ2) is 7.36. The van der Waals surface area contributed by atoms with Crippen molar-refractivity contribution in [2.24, 2.45) is 0 Å². The van der Waals surface area contributed by atoms with E-state index in [1.165, 1.54) is 6.08 Å². The molecule has 0 saturated carbocycles. The normalized spacial score (nSPS) is 11.5. The first kappa shape index (κ1) is 16.3. The molecule has 0 saturated heterocycles. The van der Waals surface area contributed by atoms with Crippen molar-refractivity contribution in [2.45, 2.75) is 6.92 Å². The lowest BCUT2D eigenvalue weighted by Crippen LogP contribution is -2.06. The standard InChI is InChI=1S/C19H17BrN2O2/c1-2-24-19(23)12-18(13-4-3-5-15(20)10-13)22-16-6-7-17-14(11-16)8-9-21-17/h3-12,21-22H,2H2,1H3/b18-12+. The molecule has 0 atom stereocenters. The van der Waals surface area contributed by atoms with Crippen LogP contribution in [0.25, 0.3) is 16.6 Å². The number of hydrogen-bond donors (Lipinski definition) is 2. The van der Waals surface area contributed by atoms with Crippen LogP contribution in [0.2, 0.25) is 0 Å². The Balaban J connectivity index is 1.95. The molecule has 0 radical (unpaired) electrons. The highest BCUT2D eigenvalue weighted by molar-refractivity contribution is 9.10. The van der Waals surface area contributed by atoms with E-state index in [1.807, 2.05) is 54.7 Å². The van der Waals surface area contributed by atoms with Gasteiger partial charge in [0.05, 0.1) is 12.3 Å². The number of ether oxygens (including phenoxy) is 1. The number of hydrogen-bond acceptors (Lipinski definition) is 3. The predicted octanol–water partition coefficient (Wildman–Crippen LogP) is 4.95. The fourth-order valence-electron chi connectivity index (χ4n) is 2.44. The zero-order valence-corrected chi connectivity index (χ0v) is 14.8. The molecule has 4 nitrogen and oxygen atoms in total. The number of carbonyl (C=O) groups is 1. The van der Waals surface area contributed by atoms with Crippen molar-refractivity contribution in [1.82, 2.24) is 4.98 Å². The van der Waals surface area contributed by atoms with Crippen LogP contribution in [0.15, 0.2) is 65.3 Å². The third-order valence-electron chi connectivity index (χ3n) is 3.52. The Bertz CT molecular complexity index is 899. The summed E-state index contributed by atoms with van der Waals surface area (Å²) in [6.45, 7) is 2.13. The number of aromatic amines is 1. The minimum atomic E-state index is -0.373. The van der Waals surface area contributed by atoms with Gasteiger partial charge in [0.15, 0.2) is 0 Å². The average Bonchev–Trinajstić information content (AvgIpc) is 3.02. The minimum Gasteiger partial charge on any atom is -0.463 e. The first-order chi connectivity index (χ1) is 11.7. The summed E-state index contributed by atoms with van der Waals surface area (Å²) < 4.78 is 5.99. The van der Waals surface area contributed by atoms with Crippen LogP contribution in [0.5, 0.6) is 0 Å². The molecule has 24 heavy (non-hydrogen) atoms. The molecule has 0 amide bonds. The molecule has 1 heterocycles. The number of anilines is 1. The summed E-state index contributed by atoms with van der Waals surface area (Å²) in [6.07, 6.45) is 3.38. The molecule has 3 rings (SSSR count). The maximum atomic E-state index is 11.9. The van der Waals surface area contributed by atoms with E-state index < -0.39 is 0 Å². The number of carbonyl (C=O) groups excluding carboxylic acids is 1. The predicted molar refractivity (Wildman–Crippen MR) is 101 cm³/mol. The second-order valence-corrected chi connectivity index (χ2v) is 6.14. The quantitative estimate of drug-likeness (QED) is 0.483. The van der Waals surface area contributed by atoms with Crippen molar-refractivity contribution in [3.05, 3.63) is 70.8 Å². The van der Waals surface area contributed by atoms with E-state index in [0.717, 1.165) is 26.6 Å². The van der Waals surface area contributed by atoms with Gasteiger partial charge in [0.1, 0.15) is 0 Å². The highest BCUT2D eigenvalue weighted by atomic mass is 79.9. The summed E-state index contributed by atoms with van der Waals surface area (Å²) in [5, 5.41) is 4.42. The summed E-state index contributed by atoms with van der Waals surface area (Å²) in [4.78, 5) is 15.1. The SMILES string of the molecule is CCOC(=O)/C=C(/Nc1ccc2[nH]ccc2c1)c1cccc(Br)c1. The van der Waals surface area contributed by atoms with Gasteiger partial charge in [-0.3, -0.25) is 0 Å². The monoisotopic (exact) mass is 384 g/mol. The average molecular weight is 385 g/mol. The fraction of sp³-hybridized carbons (Fsp3) is 0.105. The maximum Gasteiger partial charge on any atom is 0.332 e. The Morgan fingerprint density at radius 3 is 2.92 bits per heavy atom. The lowest BCUT2D eigenvalue weighted by atomic mass is 10.1. The number of esters is 1. The summed E-state index contributed by atoms with van der Waals surface area (Å²) >= 11 is 3.46. The van der Waals surface area contributed by atoms with Crippen LogP contribution in [0.1, 0.15) is 12.5 Å². The van der Waals surface area contributed by atoms with Gasteiger partial charge in [-0.05, 0) is 48.9 Å². The van der Waals surface area contributed by atoms with Gasteiger partial charge in [-0.25, -0.2) is 4.79 Å². The third-order valence-corrected chi connectivity index (χ3v) is 4.01. The van der Waals surface area contributed by atoms with E-state index in [2.05, 4.69) is 26.2 Å². The van der Waals surface area contributed by atoms with E-state index in [0.29, 0.717) is 12.3 Å². The first-order valence-corrected chi connectivity index (χ1v) is 8.43. The largest absolute Gasteiger partial charge is 0.463 e. The molecule has 0 aliphatic heterocycles. The van der Waals surface area contributed by atoms with Crippen LogP contribution >= 0.6 is 15.9 Å². The van der Waals surface area contributed by atoms with Gasteiger partial charge in [0, 0.05) is 33.3 Å². The fourth-order valence-corrected chi connectivity index (χ4v) is 2.84. The molecular weight excluding hydrogens is 368 g/mol. The molecule has 0 aliphatic carbocycles. The highest BCUT2D eigenvalue weighted by Gasteiger charge is 2.08. The maximum absolute atomic E-state index is 11.9. The van der Waals surface area contributed by atoms with E-state index >= 15 is 0 Å². The molecule has 122 valence electrons. The Kier molecular flexibility index (Phi) is 5.01. The second-order valence-electron chi connectivity index (χ2n) is 5.23. The smallest absolute Gasteiger partial charge is 0.332 e. The topological polar surface area (TPSA) is 54.1 Å². The molecule has 5 heteroatoms. The van der Waals surface area contributed by atoms with Crippen molar-refractivity contribution < 1.29 is 9.53 Å². The lowest BCUT2D eigenvalue weighted by molar-refractivity contribution is -0.137. The molecule has 0 bridgehead atoms. The van der Waals surface area contributed by atoms with Crippen LogP contribution in [0, 0.1) is 0 Å².